The van der Waals surface area contributed by atoms with Gasteiger partial charge >= 0.3 is 0 Å². The van der Waals surface area contributed by atoms with Gasteiger partial charge in [-0.2, -0.15) is 0 Å². The van der Waals surface area contributed by atoms with Crippen molar-refractivity contribution in [3.63, 3.8) is 0 Å². The number of sulfonamides is 1. The number of hydrogen-bond acceptors (Lipinski definition) is 4. The van der Waals surface area contributed by atoms with Crippen molar-refractivity contribution >= 4 is 50.7 Å². The maximum atomic E-state index is 14.3. The Bertz CT molecular complexity index is 1520. The molecule has 0 bridgehead atoms. The standard InChI is InChI=1S/C33H39Cl2N3O4S/c1-4-31(33(40)36-26-11-7-5-8-12-26)37(21-25-15-16-29(34)30(35)20-25)32(39)22-38(27-18-23(2)17-24(3)19-27)43(41,42)28-13-9-6-10-14-28/h6,9-10,13-20,26,31H,4-5,7-8,11-12,21-22H2,1-3H3,(H,36,40)/t31-/m1/s1. The molecule has 7 nitrogen and oxygen atoms in total. The van der Waals surface area contributed by atoms with Crippen LogP contribution in [0.2, 0.25) is 10.0 Å². The minimum absolute atomic E-state index is 0.0540. The van der Waals surface area contributed by atoms with Gasteiger partial charge in [0.1, 0.15) is 12.6 Å². The van der Waals surface area contributed by atoms with Crippen LogP contribution in [0.1, 0.15) is 62.1 Å². The zero-order chi connectivity index (χ0) is 31.1. The molecule has 1 saturated carbocycles. The molecule has 1 aliphatic rings. The molecule has 0 spiro atoms. The highest BCUT2D eigenvalue weighted by Gasteiger charge is 2.34. The fourth-order valence-corrected chi connectivity index (χ4v) is 7.38. The summed E-state index contributed by atoms with van der Waals surface area (Å²) in [4.78, 5) is 29.5. The number of rotatable bonds is 11. The second-order valence-electron chi connectivity index (χ2n) is 11.2. The first-order chi connectivity index (χ1) is 20.5. The van der Waals surface area contributed by atoms with Crippen LogP contribution in [0.15, 0.2) is 71.6 Å². The van der Waals surface area contributed by atoms with Gasteiger partial charge in [0.2, 0.25) is 11.8 Å². The Hall–Kier alpha value is -3.07. The Kier molecular flexibility index (Phi) is 11.2. The summed E-state index contributed by atoms with van der Waals surface area (Å²) in [6.07, 6.45) is 5.40. The number of halogens is 2. The minimum Gasteiger partial charge on any atom is -0.352 e. The average molecular weight is 645 g/mol. The number of amides is 2. The van der Waals surface area contributed by atoms with Gasteiger partial charge in [-0.3, -0.25) is 13.9 Å². The number of aryl methyl sites for hydroxylation is 2. The van der Waals surface area contributed by atoms with Crippen molar-refractivity contribution in [2.45, 2.75) is 82.8 Å². The summed E-state index contributed by atoms with van der Waals surface area (Å²) in [5, 5.41) is 3.86. The van der Waals surface area contributed by atoms with Gasteiger partial charge in [0.25, 0.3) is 10.0 Å². The van der Waals surface area contributed by atoms with Gasteiger partial charge in [-0.05, 0) is 86.2 Å². The number of carbonyl (C=O) groups excluding carboxylic acids is 2. The molecule has 4 rings (SSSR count). The molecule has 0 aromatic heterocycles. The van der Waals surface area contributed by atoms with Crippen molar-refractivity contribution < 1.29 is 18.0 Å². The summed E-state index contributed by atoms with van der Waals surface area (Å²) < 4.78 is 29.2. The minimum atomic E-state index is -4.13. The third kappa shape index (κ3) is 8.31. The number of carbonyl (C=O) groups is 2. The number of nitrogens with zero attached hydrogens (tertiary/aromatic N) is 2. The quantitative estimate of drug-likeness (QED) is 0.242. The smallest absolute Gasteiger partial charge is 0.264 e. The summed E-state index contributed by atoms with van der Waals surface area (Å²) in [5.41, 5.74) is 2.78. The molecular formula is C33H39Cl2N3O4S. The molecule has 0 radical (unpaired) electrons. The van der Waals surface area contributed by atoms with E-state index in [2.05, 4.69) is 5.32 Å². The summed E-state index contributed by atoms with van der Waals surface area (Å²) >= 11 is 12.5. The number of benzene rings is 3. The fourth-order valence-electron chi connectivity index (χ4n) is 5.64. The molecule has 43 heavy (non-hydrogen) atoms. The molecule has 3 aromatic carbocycles. The van der Waals surface area contributed by atoms with Gasteiger partial charge in [0, 0.05) is 12.6 Å². The molecule has 1 fully saturated rings. The molecular weight excluding hydrogens is 605 g/mol. The SMILES string of the molecule is CC[C@H](C(=O)NC1CCCCC1)N(Cc1ccc(Cl)c(Cl)c1)C(=O)CN(c1cc(C)cc(C)c1)S(=O)(=O)c1ccccc1. The van der Waals surface area contributed by atoms with Crippen LogP contribution in [-0.4, -0.2) is 43.8 Å². The Morgan fingerprint density at radius 3 is 2.16 bits per heavy atom. The molecule has 10 heteroatoms. The maximum absolute atomic E-state index is 14.3. The largest absolute Gasteiger partial charge is 0.352 e. The molecule has 0 heterocycles. The topological polar surface area (TPSA) is 86.8 Å². The van der Waals surface area contributed by atoms with E-state index in [1.54, 1.807) is 48.5 Å². The van der Waals surface area contributed by atoms with Crippen molar-refractivity contribution in [2.24, 2.45) is 0 Å². The summed E-state index contributed by atoms with van der Waals surface area (Å²) in [5.74, 6) is -0.748. The van der Waals surface area contributed by atoms with E-state index in [-0.39, 0.29) is 23.4 Å². The van der Waals surface area contributed by atoms with E-state index in [9.17, 15) is 18.0 Å². The van der Waals surface area contributed by atoms with Gasteiger partial charge in [-0.15, -0.1) is 0 Å². The number of nitrogens with one attached hydrogen (secondary N) is 1. The zero-order valence-corrected chi connectivity index (χ0v) is 27.2. The van der Waals surface area contributed by atoms with Gasteiger partial charge in [0.05, 0.1) is 20.6 Å². The molecule has 1 atom stereocenters. The lowest BCUT2D eigenvalue weighted by Crippen LogP contribution is -2.54. The highest BCUT2D eigenvalue weighted by molar-refractivity contribution is 7.92. The Balaban J connectivity index is 1.73. The third-order valence-electron chi connectivity index (χ3n) is 7.78. The van der Waals surface area contributed by atoms with Crippen LogP contribution in [0.5, 0.6) is 0 Å². The first-order valence-corrected chi connectivity index (χ1v) is 16.9. The van der Waals surface area contributed by atoms with Crippen LogP contribution in [0.3, 0.4) is 0 Å². The van der Waals surface area contributed by atoms with Crippen molar-refractivity contribution in [1.29, 1.82) is 0 Å². The lowest BCUT2D eigenvalue weighted by Gasteiger charge is -2.34. The van der Waals surface area contributed by atoms with E-state index in [0.29, 0.717) is 27.7 Å². The van der Waals surface area contributed by atoms with Crippen LogP contribution in [-0.2, 0) is 26.2 Å². The highest BCUT2D eigenvalue weighted by Crippen LogP contribution is 2.28. The Morgan fingerprint density at radius 1 is 0.907 bits per heavy atom. The van der Waals surface area contributed by atoms with E-state index in [1.807, 2.05) is 26.8 Å². The second-order valence-corrected chi connectivity index (χ2v) is 13.9. The fraction of sp³-hybridized carbons (Fsp3) is 0.394. The predicted octanol–water partition coefficient (Wildman–Crippen LogP) is 7.06. The van der Waals surface area contributed by atoms with Gasteiger partial charge in [-0.25, -0.2) is 8.42 Å². The van der Waals surface area contributed by atoms with Gasteiger partial charge in [-0.1, -0.05) is 79.7 Å². The number of anilines is 1. The lowest BCUT2D eigenvalue weighted by atomic mass is 9.95. The van der Waals surface area contributed by atoms with E-state index in [4.69, 9.17) is 23.2 Å². The van der Waals surface area contributed by atoms with E-state index in [0.717, 1.165) is 47.5 Å². The first-order valence-electron chi connectivity index (χ1n) is 14.7. The van der Waals surface area contributed by atoms with E-state index in [1.165, 1.54) is 17.0 Å². The van der Waals surface area contributed by atoms with Crippen molar-refractivity contribution in [3.05, 3.63) is 93.5 Å². The van der Waals surface area contributed by atoms with E-state index >= 15 is 0 Å². The van der Waals surface area contributed by atoms with Crippen LogP contribution in [0.25, 0.3) is 0 Å². The zero-order valence-electron chi connectivity index (χ0n) is 24.9. The Morgan fingerprint density at radius 2 is 1.56 bits per heavy atom. The van der Waals surface area contributed by atoms with Crippen molar-refractivity contribution in [3.8, 4) is 0 Å². The molecule has 1 aliphatic carbocycles. The maximum Gasteiger partial charge on any atom is 0.264 e. The monoisotopic (exact) mass is 643 g/mol. The molecule has 230 valence electrons. The normalized spacial score (nSPS) is 14.6. The summed E-state index contributed by atoms with van der Waals surface area (Å²) in [6.45, 7) is 5.17. The molecule has 0 saturated heterocycles. The van der Waals surface area contributed by atoms with Crippen LogP contribution in [0, 0.1) is 13.8 Å². The second kappa shape index (κ2) is 14.6. The highest BCUT2D eigenvalue weighted by atomic mass is 35.5. The van der Waals surface area contributed by atoms with Gasteiger partial charge in [0.15, 0.2) is 0 Å². The van der Waals surface area contributed by atoms with Crippen molar-refractivity contribution in [1.82, 2.24) is 10.2 Å². The van der Waals surface area contributed by atoms with E-state index < -0.39 is 28.5 Å². The molecule has 3 aromatic rings. The van der Waals surface area contributed by atoms with Crippen molar-refractivity contribution in [2.75, 3.05) is 10.8 Å². The average Bonchev–Trinajstić information content (AvgIpc) is 2.98. The van der Waals surface area contributed by atoms with Gasteiger partial charge < -0.3 is 10.2 Å². The van der Waals surface area contributed by atoms with Crippen LogP contribution in [0.4, 0.5) is 5.69 Å². The summed E-state index contributed by atoms with van der Waals surface area (Å²) in [7, 11) is -4.13. The molecule has 0 unspecified atom stereocenters. The van der Waals surface area contributed by atoms with Crippen LogP contribution < -0.4 is 9.62 Å². The predicted molar refractivity (Wildman–Crippen MR) is 173 cm³/mol. The third-order valence-corrected chi connectivity index (χ3v) is 10.3. The summed E-state index contributed by atoms with van der Waals surface area (Å²) in [6, 6.07) is 17.8. The molecule has 0 aliphatic heterocycles. The Labute approximate surface area is 265 Å². The van der Waals surface area contributed by atoms with Crippen LogP contribution >= 0.6 is 23.2 Å². The first kappa shape index (κ1) is 32.8. The molecule has 1 N–H and O–H groups in total. The number of hydrogen-bond donors (Lipinski definition) is 1. The lowest BCUT2D eigenvalue weighted by molar-refractivity contribution is -0.140. The molecule has 2 amide bonds.